The van der Waals surface area contributed by atoms with Crippen LogP contribution in [0.25, 0.3) is 11.0 Å². The van der Waals surface area contributed by atoms with Crippen molar-refractivity contribution in [2.24, 2.45) is 0 Å². The van der Waals surface area contributed by atoms with E-state index >= 15 is 0 Å². The maximum Gasteiger partial charge on any atom is 0.260 e. The maximum absolute atomic E-state index is 11.4. The monoisotopic (exact) mass is 163 g/mol. The van der Waals surface area contributed by atoms with Crippen LogP contribution in [0.4, 0.5) is 0 Å². The van der Waals surface area contributed by atoms with Crippen LogP contribution in [-0.2, 0) is 0 Å². The van der Waals surface area contributed by atoms with Crippen molar-refractivity contribution in [3.63, 3.8) is 0 Å². The van der Waals surface area contributed by atoms with Gasteiger partial charge in [-0.3, -0.25) is 4.79 Å². The van der Waals surface area contributed by atoms with E-state index in [0.29, 0.717) is 16.9 Å². The highest BCUT2D eigenvalue weighted by atomic mass is 16.1. The van der Waals surface area contributed by atoms with Crippen molar-refractivity contribution in [2.75, 3.05) is 0 Å². The summed E-state index contributed by atoms with van der Waals surface area (Å²) in [6.07, 6.45) is 1.78. The molecule has 0 saturated heterocycles. The Morgan fingerprint density at radius 2 is 2.17 bits per heavy atom. The lowest BCUT2D eigenvalue weighted by Gasteiger charge is -1.92. The third kappa shape index (κ3) is 0.845. The summed E-state index contributed by atoms with van der Waals surface area (Å²) < 4.78 is 0. The third-order valence-corrected chi connectivity index (χ3v) is 1.86. The lowest BCUT2D eigenvalue weighted by molar-refractivity contribution is 1.05. The molecule has 0 aliphatic rings. The van der Waals surface area contributed by atoms with Gasteiger partial charge in [-0.1, -0.05) is 0 Å². The Morgan fingerprint density at radius 3 is 2.92 bits per heavy atom. The van der Waals surface area contributed by atoms with Crippen molar-refractivity contribution in [2.45, 2.75) is 13.8 Å². The SMILES string of the molecule is Cc1nc2[nH]cc(C)c2c(=O)[nH]1. The van der Waals surface area contributed by atoms with Crippen LogP contribution in [-0.4, -0.2) is 15.0 Å². The number of aromatic nitrogens is 3. The standard InChI is InChI=1S/C8H9N3O/c1-4-3-9-7-6(4)8(12)11-5(2)10-7/h3H,1-2H3,(H2,9,10,11,12). The van der Waals surface area contributed by atoms with Gasteiger partial charge in [0.25, 0.3) is 5.56 Å². The molecule has 2 aromatic rings. The second-order valence-electron chi connectivity index (χ2n) is 2.85. The zero-order chi connectivity index (χ0) is 8.72. The van der Waals surface area contributed by atoms with Gasteiger partial charge < -0.3 is 9.97 Å². The molecule has 4 heteroatoms. The molecule has 0 unspecified atom stereocenters. The Labute approximate surface area is 68.7 Å². The Morgan fingerprint density at radius 1 is 1.42 bits per heavy atom. The average Bonchev–Trinajstić information content (AvgIpc) is 2.31. The van der Waals surface area contributed by atoms with E-state index in [1.165, 1.54) is 0 Å². The quantitative estimate of drug-likeness (QED) is 0.605. The summed E-state index contributed by atoms with van der Waals surface area (Å²) in [6.45, 7) is 3.64. The third-order valence-electron chi connectivity index (χ3n) is 1.86. The number of H-pyrrole nitrogens is 2. The van der Waals surface area contributed by atoms with Gasteiger partial charge in [-0.05, 0) is 19.4 Å². The van der Waals surface area contributed by atoms with Crippen molar-refractivity contribution >= 4 is 11.0 Å². The smallest absolute Gasteiger partial charge is 0.260 e. The lowest BCUT2D eigenvalue weighted by atomic mass is 10.3. The van der Waals surface area contributed by atoms with Crippen LogP contribution in [0.5, 0.6) is 0 Å². The molecule has 0 radical (unpaired) electrons. The molecule has 0 aliphatic carbocycles. The van der Waals surface area contributed by atoms with E-state index in [1.807, 2.05) is 6.92 Å². The molecule has 12 heavy (non-hydrogen) atoms. The summed E-state index contributed by atoms with van der Waals surface area (Å²) >= 11 is 0. The topological polar surface area (TPSA) is 61.5 Å². The van der Waals surface area contributed by atoms with E-state index < -0.39 is 0 Å². The summed E-state index contributed by atoms with van der Waals surface area (Å²) in [4.78, 5) is 21.1. The molecule has 0 aliphatic heterocycles. The fourth-order valence-electron chi connectivity index (χ4n) is 1.30. The van der Waals surface area contributed by atoms with E-state index in [2.05, 4.69) is 15.0 Å². The first-order valence-electron chi connectivity index (χ1n) is 3.73. The first kappa shape index (κ1) is 7.09. The Hall–Kier alpha value is -1.58. The van der Waals surface area contributed by atoms with Crippen LogP contribution >= 0.6 is 0 Å². The van der Waals surface area contributed by atoms with Crippen molar-refractivity contribution < 1.29 is 0 Å². The molecule has 4 nitrogen and oxygen atoms in total. The van der Waals surface area contributed by atoms with Gasteiger partial charge in [-0.15, -0.1) is 0 Å². The van der Waals surface area contributed by atoms with Gasteiger partial charge in [0.1, 0.15) is 11.5 Å². The zero-order valence-electron chi connectivity index (χ0n) is 6.93. The van der Waals surface area contributed by atoms with Crippen molar-refractivity contribution in [3.8, 4) is 0 Å². The second-order valence-corrected chi connectivity index (χ2v) is 2.85. The molecule has 2 aromatic heterocycles. The predicted molar refractivity (Wildman–Crippen MR) is 46.2 cm³/mol. The summed E-state index contributed by atoms with van der Waals surface area (Å²) in [5, 5.41) is 0.653. The van der Waals surface area contributed by atoms with Crippen LogP contribution in [0.1, 0.15) is 11.4 Å². The van der Waals surface area contributed by atoms with Gasteiger partial charge in [0.05, 0.1) is 5.39 Å². The van der Waals surface area contributed by atoms with E-state index in [1.54, 1.807) is 13.1 Å². The number of hydrogen-bond acceptors (Lipinski definition) is 2. The van der Waals surface area contributed by atoms with Crippen LogP contribution in [0.15, 0.2) is 11.0 Å². The number of aryl methyl sites for hydroxylation is 2. The summed E-state index contributed by atoms with van der Waals surface area (Å²) in [5.41, 5.74) is 1.52. The lowest BCUT2D eigenvalue weighted by Crippen LogP contribution is -2.09. The van der Waals surface area contributed by atoms with E-state index in [-0.39, 0.29) is 5.56 Å². The molecule has 0 fully saturated rings. The maximum atomic E-state index is 11.4. The normalized spacial score (nSPS) is 10.8. The molecule has 2 rings (SSSR count). The highest BCUT2D eigenvalue weighted by molar-refractivity contribution is 5.78. The largest absolute Gasteiger partial charge is 0.346 e. The van der Waals surface area contributed by atoms with E-state index in [9.17, 15) is 4.79 Å². The molecule has 0 bridgehead atoms. The van der Waals surface area contributed by atoms with Crippen LogP contribution in [0.2, 0.25) is 0 Å². The molecule has 2 heterocycles. The molecule has 62 valence electrons. The molecule has 0 spiro atoms. The van der Waals surface area contributed by atoms with Crippen molar-refractivity contribution in [1.82, 2.24) is 15.0 Å². The van der Waals surface area contributed by atoms with Gasteiger partial charge in [0.2, 0.25) is 0 Å². The number of aromatic amines is 2. The van der Waals surface area contributed by atoms with E-state index in [4.69, 9.17) is 0 Å². The number of rotatable bonds is 0. The molecule has 0 saturated carbocycles. The minimum atomic E-state index is -0.0729. The van der Waals surface area contributed by atoms with Crippen LogP contribution in [0.3, 0.4) is 0 Å². The number of fused-ring (bicyclic) bond motifs is 1. The fourth-order valence-corrected chi connectivity index (χ4v) is 1.30. The van der Waals surface area contributed by atoms with Gasteiger partial charge in [0, 0.05) is 6.20 Å². The Kier molecular flexibility index (Phi) is 1.30. The highest BCUT2D eigenvalue weighted by Gasteiger charge is 2.04. The first-order valence-corrected chi connectivity index (χ1v) is 3.73. The Bertz CT molecular complexity index is 480. The van der Waals surface area contributed by atoms with Gasteiger partial charge in [-0.2, -0.15) is 0 Å². The summed E-state index contributed by atoms with van der Waals surface area (Å²) in [5.74, 6) is 0.634. The van der Waals surface area contributed by atoms with Crippen molar-refractivity contribution in [3.05, 3.63) is 27.9 Å². The van der Waals surface area contributed by atoms with Gasteiger partial charge >= 0.3 is 0 Å². The van der Waals surface area contributed by atoms with Gasteiger partial charge in [-0.25, -0.2) is 4.98 Å². The molecule has 0 atom stereocenters. The summed E-state index contributed by atoms with van der Waals surface area (Å²) in [7, 11) is 0. The molecular weight excluding hydrogens is 154 g/mol. The Balaban J connectivity index is 3.03. The van der Waals surface area contributed by atoms with Crippen LogP contribution < -0.4 is 5.56 Å². The number of nitrogens with one attached hydrogen (secondary N) is 2. The molecule has 0 aromatic carbocycles. The highest BCUT2D eigenvalue weighted by Crippen LogP contribution is 2.09. The average molecular weight is 163 g/mol. The van der Waals surface area contributed by atoms with E-state index in [0.717, 1.165) is 5.56 Å². The molecular formula is C8H9N3O. The predicted octanol–water partition coefficient (Wildman–Crippen LogP) is 0.868. The van der Waals surface area contributed by atoms with Crippen molar-refractivity contribution in [1.29, 1.82) is 0 Å². The second kappa shape index (κ2) is 2.20. The minimum Gasteiger partial charge on any atom is -0.346 e. The first-order chi connectivity index (χ1) is 5.68. The fraction of sp³-hybridized carbons (Fsp3) is 0.250. The van der Waals surface area contributed by atoms with Crippen LogP contribution in [0, 0.1) is 13.8 Å². The van der Waals surface area contributed by atoms with Gasteiger partial charge in [0.15, 0.2) is 0 Å². The molecule has 0 amide bonds. The minimum absolute atomic E-state index is 0.0729. The zero-order valence-corrected chi connectivity index (χ0v) is 6.93. The number of nitrogens with zero attached hydrogens (tertiary/aromatic N) is 1. The summed E-state index contributed by atoms with van der Waals surface area (Å²) in [6, 6.07) is 0. The number of hydrogen-bond donors (Lipinski definition) is 2. The molecule has 2 N–H and O–H groups in total.